The van der Waals surface area contributed by atoms with Crippen molar-refractivity contribution < 1.29 is 0 Å². The number of rotatable bonds is 3. The van der Waals surface area contributed by atoms with E-state index in [9.17, 15) is 0 Å². The van der Waals surface area contributed by atoms with E-state index in [0.717, 1.165) is 11.8 Å². The summed E-state index contributed by atoms with van der Waals surface area (Å²) in [4.78, 5) is 2.64. The number of hydrogen-bond donors (Lipinski definition) is 0. The largest absolute Gasteiger partial charge is 0.303 e. The highest BCUT2D eigenvalue weighted by atomic mass is 15.1. The lowest BCUT2D eigenvalue weighted by atomic mass is 9.95. The molecule has 0 aromatic rings. The molecule has 0 spiro atoms. The first-order valence-electron chi connectivity index (χ1n) is 5.44. The van der Waals surface area contributed by atoms with E-state index in [-0.39, 0.29) is 0 Å². The number of hydrogen-bond acceptors (Lipinski definition) is 1. The fourth-order valence-corrected chi connectivity index (χ4v) is 2.17. The van der Waals surface area contributed by atoms with E-state index in [1.807, 2.05) is 0 Å². The van der Waals surface area contributed by atoms with E-state index in [2.05, 4.69) is 25.7 Å². The summed E-state index contributed by atoms with van der Waals surface area (Å²) in [6.07, 6.45) is 4.25. The van der Waals surface area contributed by atoms with Crippen molar-refractivity contribution in [2.24, 2.45) is 11.8 Å². The van der Waals surface area contributed by atoms with Gasteiger partial charge in [0.15, 0.2) is 0 Å². The second kappa shape index (κ2) is 4.86. The van der Waals surface area contributed by atoms with Gasteiger partial charge in [-0.15, -0.1) is 0 Å². The Morgan fingerprint density at radius 2 is 2.17 bits per heavy atom. The summed E-state index contributed by atoms with van der Waals surface area (Å²) in [5, 5.41) is 0. The molecule has 0 aromatic heterocycles. The molecular weight excluding hydrogens is 146 g/mol. The van der Waals surface area contributed by atoms with E-state index in [0.29, 0.717) is 0 Å². The predicted octanol–water partition coefficient (Wildman–Crippen LogP) is 2.76. The molecule has 0 N–H and O–H groups in total. The lowest BCUT2D eigenvalue weighted by molar-refractivity contribution is 0.156. The van der Waals surface area contributed by atoms with Gasteiger partial charge < -0.3 is 4.90 Å². The fraction of sp³-hybridized carbons (Fsp3) is 1.00. The smallest absolute Gasteiger partial charge is 0.000967 e. The van der Waals surface area contributed by atoms with Crippen molar-refractivity contribution in [2.75, 3.05) is 19.6 Å². The molecule has 1 saturated heterocycles. The predicted molar refractivity (Wildman–Crippen MR) is 54.3 cm³/mol. The lowest BCUT2D eigenvalue weighted by Crippen LogP contribution is -2.37. The van der Waals surface area contributed by atoms with E-state index < -0.39 is 0 Å². The third-order valence-corrected chi connectivity index (χ3v) is 2.80. The van der Waals surface area contributed by atoms with Crippen LogP contribution in [0.15, 0.2) is 0 Å². The van der Waals surface area contributed by atoms with Crippen LogP contribution in [0.3, 0.4) is 0 Å². The van der Waals surface area contributed by atoms with E-state index in [1.54, 1.807) is 0 Å². The topological polar surface area (TPSA) is 3.24 Å². The average molecular weight is 169 g/mol. The van der Waals surface area contributed by atoms with Gasteiger partial charge in [-0.25, -0.2) is 0 Å². The Hall–Kier alpha value is -0.0400. The van der Waals surface area contributed by atoms with E-state index >= 15 is 0 Å². The molecule has 1 atom stereocenters. The highest BCUT2D eigenvalue weighted by molar-refractivity contribution is 4.72. The summed E-state index contributed by atoms with van der Waals surface area (Å²) >= 11 is 0. The Balaban J connectivity index is 2.25. The second-order valence-electron chi connectivity index (χ2n) is 4.57. The van der Waals surface area contributed by atoms with Crippen LogP contribution in [0.25, 0.3) is 0 Å². The van der Waals surface area contributed by atoms with Crippen molar-refractivity contribution in [1.29, 1.82) is 0 Å². The van der Waals surface area contributed by atoms with Gasteiger partial charge in [-0.05, 0) is 31.2 Å². The maximum atomic E-state index is 2.64. The summed E-state index contributed by atoms with van der Waals surface area (Å²) in [5.74, 6) is 1.82. The minimum Gasteiger partial charge on any atom is -0.303 e. The molecule has 1 rings (SSSR count). The van der Waals surface area contributed by atoms with Crippen molar-refractivity contribution in [3.05, 3.63) is 0 Å². The Kier molecular flexibility index (Phi) is 4.07. The van der Waals surface area contributed by atoms with Crippen LogP contribution in [0.5, 0.6) is 0 Å². The zero-order valence-electron chi connectivity index (χ0n) is 8.84. The summed E-state index contributed by atoms with van der Waals surface area (Å²) in [6, 6.07) is 0. The Morgan fingerprint density at radius 3 is 2.75 bits per heavy atom. The van der Waals surface area contributed by atoms with Crippen LogP contribution in [-0.2, 0) is 0 Å². The van der Waals surface area contributed by atoms with Crippen LogP contribution < -0.4 is 0 Å². The highest BCUT2D eigenvalue weighted by Crippen LogP contribution is 2.19. The SMILES string of the molecule is CC[C@H]1CCCN(CC(C)C)C1. The molecule has 72 valence electrons. The van der Waals surface area contributed by atoms with Gasteiger partial charge in [0.25, 0.3) is 0 Å². The molecule has 0 radical (unpaired) electrons. The van der Waals surface area contributed by atoms with Crippen LogP contribution in [-0.4, -0.2) is 24.5 Å². The second-order valence-corrected chi connectivity index (χ2v) is 4.57. The maximum absolute atomic E-state index is 2.64. The molecule has 1 nitrogen and oxygen atoms in total. The molecule has 0 amide bonds. The van der Waals surface area contributed by atoms with E-state index in [4.69, 9.17) is 0 Å². The monoisotopic (exact) mass is 169 g/mol. The summed E-state index contributed by atoms with van der Waals surface area (Å²) < 4.78 is 0. The van der Waals surface area contributed by atoms with Crippen LogP contribution in [0.4, 0.5) is 0 Å². The normalized spacial score (nSPS) is 26.5. The zero-order chi connectivity index (χ0) is 8.97. The summed E-state index contributed by atoms with van der Waals surface area (Å²) in [6.45, 7) is 11.0. The quantitative estimate of drug-likeness (QED) is 0.628. The molecule has 1 aliphatic heterocycles. The van der Waals surface area contributed by atoms with Crippen LogP contribution in [0.2, 0.25) is 0 Å². The molecule has 1 heteroatoms. The molecule has 1 fully saturated rings. The van der Waals surface area contributed by atoms with Crippen molar-refractivity contribution in [3.63, 3.8) is 0 Å². The minimum atomic E-state index is 0.834. The van der Waals surface area contributed by atoms with Gasteiger partial charge in [-0.1, -0.05) is 27.2 Å². The molecule has 1 heterocycles. The highest BCUT2D eigenvalue weighted by Gasteiger charge is 2.18. The van der Waals surface area contributed by atoms with Gasteiger partial charge in [-0.2, -0.15) is 0 Å². The van der Waals surface area contributed by atoms with Gasteiger partial charge in [-0.3, -0.25) is 0 Å². The standard InChI is InChI=1S/C11H23N/c1-4-11-6-5-7-12(9-11)8-10(2)3/h10-11H,4-9H2,1-3H3/t11-/m0/s1. The molecule has 1 aliphatic rings. The Bertz CT molecular complexity index is 120. The number of likely N-dealkylation sites (tertiary alicyclic amines) is 1. The fourth-order valence-electron chi connectivity index (χ4n) is 2.17. The first-order chi connectivity index (χ1) is 5.72. The molecular formula is C11H23N. The maximum Gasteiger partial charge on any atom is 0.000967 e. The van der Waals surface area contributed by atoms with Gasteiger partial charge >= 0.3 is 0 Å². The molecule has 0 aromatic carbocycles. The lowest BCUT2D eigenvalue weighted by Gasteiger charge is -2.33. The summed E-state index contributed by atoms with van der Waals surface area (Å²) in [5.41, 5.74) is 0. The molecule has 0 bridgehead atoms. The Labute approximate surface area is 77.1 Å². The van der Waals surface area contributed by atoms with Crippen LogP contribution in [0.1, 0.15) is 40.0 Å². The molecule has 0 aliphatic carbocycles. The molecule has 0 saturated carbocycles. The van der Waals surface area contributed by atoms with Gasteiger partial charge in [0.1, 0.15) is 0 Å². The minimum absolute atomic E-state index is 0.834. The average Bonchev–Trinajstić information content (AvgIpc) is 2.03. The number of nitrogens with zero attached hydrogens (tertiary/aromatic N) is 1. The van der Waals surface area contributed by atoms with Crippen molar-refractivity contribution in [1.82, 2.24) is 4.90 Å². The molecule has 12 heavy (non-hydrogen) atoms. The number of piperidine rings is 1. The van der Waals surface area contributed by atoms with Crippen LogP contribution >= 0.6 is 0 Å². The zero-order valence-corrected chi connectivity index (χ0v) is 8.84. The van der Waals surface area contributed by atoms with Crippen molar-refractivity contribution in [2.45, 2.75) is 40.0 Å². The van der Waals surface area contributed by atoms with Gasteiger partial charge in [0.2, 0.25) is 0 Å². The van der Waals surface area contributed by atoms with Crippen molar-refractivity contribution >= 4 is 0 Å². The van der Waals surface area contributed by atoms with Crippen molar-refractivity contribution in [3.8, 4) is 0 Å². The Morgan fingerprint density at radius 1 is 1.42 bits per heavy atom. The first-order valence-corrected chi connectivity index (χ1v) is 5.44. The first kappa shape index (κ1) is 10.0. The van der Waals surface area contributed by atoms with Gasteiger partial charge in [0.05, 0.1) is 0 Å². The third-order valence-electron chi connectivity index (χ3n) is 2.80. The van der Waals surface area contributed by atoms with Gasteiger partial charge in [0, 0.05) is 13.1 Å². The third kappa shape index (κ3) is 3.14. The van der Waals surface area contributed by atoms with Crippen LogP contribution in [0, 0.1) is 11.8 Å². The molecule has 0 unspecified atom stereocenters. The summed E-state index contributed by atoms with van der Waals surface area (Å²) in [7, 11) is 0. The van der Waals surface area contributed by atoms with E-state index in [1.165, 1.54) is 38.9 Å².